The van der Waals surface area contributed by atoms with Gasteiger partial charge in [0, 0.05) is 19.8 Å². The summed E-state index contributed by atoms with van der Waals surface area (Å²) in [5, 5.41) is 18.6. The Bertz CT molecular complexity index is 551. The fraction of sp³-hybridized carbons (Fsp3) is 0.167. The van der Waals surface area contributed by atoms with Gasteiger partial charge in [0.15, 0.2) is 0 Å². The topological polar surface area (TPSA) is 79.2 Å². The maximum absolute atomic E-state index is 11.6. The van der Waals surface area contributed by atoms with Gasteiger partial charge in [0.2, 0.25) is 0 Å². The van der Waals surface area contributed by atoms with E-state index in [2.05, 4.69) is 15.7 Å². The van der Waals surface area contributed by atoms with Crippen molar-refractivity contribution in [3.05, 3.63) is 42.2 Å². The Kier molecular flexibility index (Phi) is 3.47. The number of aryl methyl sites for hydroxylation is 1. The van der Waals surface area contributed by atoms with Crippen LogP contribution in [-0.2, 0) is 13.6 Å². The first kappa shape index (κ1) is 12.0. The van der Waals surface area contributed by atoms with Gasteiger partial charge in [0.25, 0.3) is 0 Å². The number of hydrogen-bond acceptors (Lipinski definition) is 3. The van der Waals surface area contributed by atoms with Crippen LogP contribution in [-0.4, -0.2) is 20.9 Å². The summed E-state index contributed by atoms with van der Waals surface area (Å²) in [6.45, 7) is 0.348. The van der Waals surface area contributed by atoms with Gasteiger partial charge in [-0.15, -0.1) is 0 Å². The van der Waals surface area contributed by atoms with Gasteiger partial charge < -0.3 is 15.7 Å². The van der Waals surface area contributed by atoms with Crippen molar-refractivity contribution >= 4 is 11.7 Å². The van der Waals surface area contributed by atoms with Crippen molar-refractivity contribution in [1.29, 1.82) is 0 Å². The Hall–Kier alpha value is -2.50. The zero-order chi connectivity index (χ0) is 13.0. The van der Waals surface area contributed by atoms with E-state index >= 15 is 0 Å². The quantitative estimate of drug-likeness (QED) is 0.766. The second-order valence-electron chi connectivity index (χ2n) is 3.88. The first-order chi connectivity index (χ1) is 8.63. The van der Waals surface area contributed by atoms with E-state index in [1.165, 1.54) is 0 Å². The monoisotopic (exact) mass is 246 g/mol. The van der Waals surface area contributed by atoms with Crippen LogP contribution >= 0.6 is 0 Å². The van der Waals surface area contributed by atoms with E-state index in [0.717, 1.165) is 5.56 Å². The molecule has 1 aromatic heterocycles. The predicted octanol–water partition coefficient (Wildman–Crippen LogP) is 1.45. The van der Waals surface area contributed by atoms with E-state index in [9.17, 15) is 9.90 Å². The highest BCUT2D eigenvalue weighted by atomic mass is 16.3. The average molecular weight is 246 g/mol. The van der Waals surface area contributed by atoms with E-state index < -0.39 is 0 Å². The summed E-state index contributed by atoms with van der Waals surface area (Å²) in [4.78, 5) is 11.6. The Morgan fingerprint density at radius 1 is 1.50 bits per heavy atom. The molecular formula is C12H14N4O2. The second-order valence-corrected chi connectivity index (χ2v) is 3.88. The predicted molar refractivity (Wildman–Crippen MR) is 67.2 cm³/mol. The number of nitrogens with one attached hydrogen (secondary N) is 2. The van der Waals surface area contributed by atoms with Crippen LogP contribution in [0.15, 0.2) is 36.7 Å². The number of aromatic nitrogens is 2. The molecule has 2 amide bonds. The molecule has 0 radical (unpaired) electrons. The molecule has 0 bridgehead atoms. The summed E-state index contributed by atoms with van der Waals surface area (Å²) in [7, 11) is 1.77. The lowest BCUT2D eigenvalue weighted by atomic mass is 10.2. The number of carbonyl (C=O) groups is 1. The molecule has 0 fully saturated rings. The molecule has 0 aliphatic carbocycles. The molecule has 18 heavy (non-hydrogen) atoms. The molecule has 6 heteroatoms. The zero-order valence-corrected chi connectivity index (χ0v) is 9.92. The molecule has 0 spiro atoms. The molecule has 6 nitrogen and oxygen atoms in total. The number of phenolic OH excluding ortho intramolecular Hbond substituents is 1. The second kappa shape index (κ2) is 5.22. The minimum Gasteiger partial charge on any atom is -0.508 e. The van der Waals surface area contributed by atoms with Gasteiger partial charge in [-0.2, -0.15) is 5.10 Å². The molecule has 0 saturated heterocycles. The number of aromatic hydroxyl groups is 1. The van der Waals surface area contributed by atoms with Gasteiger partial charge in [-0.25, -0.2) is 4.79 Å². The lowest BCUT2D eigenvalue weighted by molar-refractivity contribution is 0.251. The molecule has 2 aromatic rings. The van der Waals surface area contributed by atoms with Crippen molar-refractivity contribution < 1.29 is 9.90 Å². The molecule has 0 aliphatic heterocycles. The number of phenols is 1. The minimum atomic E-state index is -0.314. The van der Waals surface area contributed by atoms with E-state index in [1.54, 1.807) is 42.3 Å². The van der Waals surface area contributed by atoms with Crippen molar-refractivity contribution in [3.63, 3.8) is 0 Å². The number of rotatable bonds is 3. The Morgan fingerprint density at radius 3 is 3.00 bits per heavy atom. The molecule has 94 valence electrons. The third-order valence-electron chi connectivity index (χ3n) is 2.33. The number of carbonyl (C=O) groups excluding carboxylic acids is 1. The Balaban J connectivity index is 1.85. The van der Waals surface area contributed by atoms with Gasteiger partial charge in [-0.3, -0.25) is 4.68 Å². The summed E-state index contributed by atoms with van der Waals surface area (Å²) < 4.78 is 1.60. The summed E-state index contributed by atoms with van der Waals surface area (Å²) in [5.74, 6) is 0.182. The first-order valence-corrected chi connectivity index (χ1v) is 5.45. The average Bonchev–Trinajstić information content (AvgIpc) is 2.72. The molecule has 1 heterocycles. The number of anilines is 1. The highest BCUT2D eigenvalue weighted by Crippen LogP contribution is 2.10. The maximum Gasteiger partial charge on any atom is 0.319 e. The van der Waals surface area contributed by atoms with Crippen LogP contribution < -0.4 is 10.6 Å². The number of urea groups is 1. The Morgan fingerprint density at radius 2 is 2.33 bits per heavy atom. The molecular weight excluding hydrogens is 232 g/mol. The molecule has 0 unspecified atom stereocenters. The smallest absolute Gasteiger partial charge is 0.319 e. The fourth-order valence-corrected chi connectivity index (χ4v) is 1.51. The number of hydrogen-bond donors (Lipinski definition) is 3. The lowest BCUT2D eigenvalue weighted by Gasteiger charge is -2.06. The Labute approximate surface area is 104 Å². The van der Waals surface area contributed by atoms with Gasteiger partial charge in [-0.05, 0) is 17.7 Å². The molecule has 0 atom stereocenters. The SMILES string of the molecule is Cn1cc(NC(=O)NCc2cccc(O)c2)cn1. The van der Waals surface area contributed by atoms with E-state index in [4.69, 9.17) is 0 Å². The molecule has 0 saturated carbocycles. The van der Waals surface area contributed by atoms with Crippen LogP contribution in [0.3, 0.4) is 0 Å². The summed E-state index contributed by atoms with van der Waals surface area (Å²) in [5.41, 5.74) is 1.46. The molecule has 3 N–H and O–H groups in total. The number of amides is 2. The first-order valence-electron chi connectivity index (χ1n) is 5.45. The van der Waals surface area contributed by atoms with Crippen LogP contribution in [0.2, 0.25) is 0 Å². The number of nitrogens with zero attached hydrogens (tertiary/aromatic N) is 2. The van der Waals surface area contributed by atoms with Crippen molar-refractivity contribution in [2.24, 2.45) is 7.05 Å². The minimum absolute atomic E-state index is 0.182. The van der Waals surface area contributed by atoms with E-state index in [0.29, 0.717) is 12.2 Å². The fourth-order valence-electron chi connectivity index (χ4n) is 1.51. The highest BCUT2D eigenvalue weighted by Gasteiger charge is 2.03. The lowest BCUT2D eigenvalue weighted by Crippen LogP contribution is -2.27. The van der Waals surface area contributed by atoms with Crippen LogP contribution in [0, 0.1) is 0 Å². The third kappa shape index (κ3) is 3.24. The zero-order valence-electron chi connectivity index (χ0n) is 9.92. The third-order valence-corrected chi connectivity index (χ3v) is 2.33. The molecule has 0 aliphatic rings. The van der Waals surface area contributed by atoms with Crippen LogP contribution in [0.5, 0.6) is 5.75 Å². The maximum atomic E-state index is 11.6. The molecule has 2 rings (SSSR count). The highest BCUT2D eigenvalue weighted by molar-refractivity contribution is 5.88. The van der Waals surface area contributed by atoms with Crippen molar-refractivity contribution in [1.82, 2.24) is 15.1 Å². The largest absolute Gasteiger partial charge is 0.508 e. The van der Waals surface area contributed by atoms with Crippen LogP contribution in [0.25, 0.3) is 0 Å². The standard InChI is InChI=1S/C12H14N4O2/c1-16-8-10(7-14-16)15-12(18)13-6-9-3-2-4-11(17)5-9/h2-5,7-8,17H,6H2,1H3,(H2,13,15,18). The summed E-state index contributed by atoms with van der Waals surface area (Å²) in [6.07, 6.45) is 3.27. The number of benzene rings is 1. The van der Waals surface area contributed by atoms with Gasteiger partial charge >= 0.3 is 6.03 Å². The van der Waals surface area contributed by atoms with Gasteiger partial charge in [0.1, 0.15) is 5.75 Å². The summed E-state index contributed by atoms with van der Waals surface area (Å²) in [6, 6.07) is 6.42. The van der Waals surface area contributed by atoms with Crippen molar-refractivity contribution in [2.45, 2.75) is 6.54 Å². The summed E-state index contributed by atoms with van der Waals surface area (Å²) >= 11 is 0. The molecule has 1 aromatic carbocycles. The van der Waals surface area contributed by atoms with E-state index in [1.807, 2.05) is 6.07 Å². The van der Waals surface area contributed by atoms with Gasteiger partial charge in [-0.1, -0.05) is 12.1 Å². The van der Waals surface area contributed by atoms with E-state index in [-0.39, 0.29) is 11.8 Å². The van der Waals surface area contributed by atoms with Crippen molar-refractivity contribution in [3.8, 4) is 5.75 Å². The van der Waals surface area contributed by atoms with Crippen molar-refractivity contribution in [2.75, 3.05) is 5.32 Å². The normalized spacial score (nSPS) is 10.1. The van der Waals surface area contributed by atoms with Crippen LogP contribution in [0.1, 0.15) is 5.56 Å². The van der Waals surface area contributed by atoms with Gasteiger partial charge in [0.05, 0.1) is 11.9 Å². The van der Waals surface area contributed by atoms with Crippen LogP contribution in [0.4, 0.5) is 10.5 Å².